The van der Waals surface area contributed by atoms with Gasteiger partial charge in [-0.25, -0.2) is 4.79 Å². The second-order valence-corrected chi connectivity index (χ2v) is 7.74. The Labute approximate surface area is 168 Å². The van der Waals surface area contributed by atoms with E-state index in [1.807, 2.05) is 0 Å². The molecule has 0 radical (unpaired) electrons. The van der Waals surface area contributed by atoms with Crippen LogP contribution >= 0.6 is 11.6 Å². The standard InChI is InChI=1S/C19H23ClN4O4/c1-3-19(2)17(27)24(18(28)21-19)22-15(25)12-8-10-23(11-9-12)16(26)13-4-6-14(20)7-5-13/h4-7,12H,3,8-11H2,1-2H3,(H,21,28)(H,22,25)/t19-/m1/s1. The van der Waals surface area contributed by atoms with Gasteiger partial charge >= 0.3 is 6.03 Å². The molecule has 2 fully saturated rings. The Kier molecular flexibility index (Phi) is 5.60. The molecule has 9 heteroatoms. The maximum atomic E-state index is 12.5. The minimum atomic E-state index is -1.00. The van der Waals surface area contributed by atoms with Crippen molar-refractivity contribution in [3.05, 3.63) is 34.9 Å². The van der Waals surface area contributed by atoms with Gasteiger partial charge in [-0.15, -0.1) is 0 Å². The van der Waals surface area contributed by atoms with Crippen LogP contribution in [0.1, 0.15) is 43.5 Å². The molecule has 2 saturated heterocycles. The van der Waals surface area contributed by atoms with Crippen LogP contribution in [0, 0.1) is 5.92 Å². The molecule has 0 spiro atoms. The topological polar surface area (TPSA) is 98.8 Å². The first-order valence-corrected chi connectivity index (χ1v) is 9.65. The largest absolute Gasteiger partial charge is 0.344 e. The number of urea groups is 1. The maximum absolute atomic E-state index is 12.5. The van der Waals surface area contributed by atoms with Gasteiger partial charge in [0.15, 0.2) is 0 Å². The van der Waals surface area contributed by atoms with Gasteiger partial charge in [0.2, 0.25) is 5.91 Å². The van der Waals surface area contributed by atoms with Crippen molar-refractivity contribution in [1.29, 1.82) is 0 Å². The highest BCUT2D eigenvalue weighted by atomic mass is 35.5. The molecule has 2 aliphatic heterocycles. The normalized spacial score (nSPS) is 23.0. The average Bonchev–Trinajstić information content (AvgIpc) is 2.91. The number of benzene rings is 1. The number of likely N-dealkylation sites (tertiary alicyclic amines) is 1. The first-order chi connectivity index (χ1) is 13.2. The smallest absolute Gasteiger partial charge is 0.339 e. The summed E-state index contributed by atoms with van der Waals surface area (Å²) < 4.78 is 0. The van der Waals surface area contributed by atoms with E-state index >= 15 is 0 Å². The van der Waals surface area contributed by atoms with Crippen LogP contribution in [0.4, 0.5) is 4.79 Å². The summed E-state index contributed by atoms with van der Waals surface area (Å²) in [6.07, 6.45) is 1.34. The molecule has 2 N–H and O–H groups in total. The number of carbonyl (C=O) groups is 4. The van der Waals surface area contributed by atoms with Gasteiger partial charge in [0.05, 0.1) is 0 Å². The number of hydrazine groups is 1. The molecular formula is C19H23ClN4O4. The SMILES string of the molecule is CC[C@@]1(C)NC(=O)N(NC(=O)C2CCN(C(=O)c3ccc(Cl)cc3)CC2)C1=O. The van der Waals surface area contributed by atoms with E-state index < -0.39 is 17.5 Å². The summed E-state index contributed by atoms with van der Waals surface area (Å²) in [7, 11) is 0. The Morgan fingerprint density at radius 2 is 1.82 bits per heavy atom. The van der Waals surface area contributed by atoms with Gasteiger partial charge in [0, 0.05) is 29.6 Å². The third kappa shape index (κ3) is 3.82. The highest BCUT2D eigenvalue weighted by Gasteiger charge is 2.48. The van der Waals surface area contributed by atoms with E-state index in [2.05, 4.69) is 10.7 Å². The van der Waals surface area contributed by atoms with Crippen LogP contribution in [-0.2, 0) is 9.59 Å². The summed E-state index contributed by atoms with van der Waals surface area (Å²) >= 11 is 5.85. The molecule has 0 saturated carbocycles. The Morgan fingerprint density at radius 1 is 1.21 bits per heavy atom. The van der Waals surface area contributed by atoms with Crippen molar-refractivity contribution < 1.29 is 19.2 Å². The van der Waals surface area contributed by atoms with Crippen LogP contribution in [0.3, 0.4) is 0 Å². The van der Waals surface area contributed by atoms with Crippen molar-refractivity contribution >= 4 is 35.4 Å². The minimum Gasteiger partial charge on any atom is -0.339 e. The number of imide groups is 1. The molecule has 2 heterocycles. The molecule has 1 aromatic rings. The number of carbonyl (C=O) groups excluding carboxylic acids is 4. The molecule has 3 rings (SSSR count). The molecule has 1 aromatic carbocycles. The van der Waals surface area contributed by atoms with Crippen molar-refractivity contribution in [3.63, 3.8) is 0 Å². The fraction of sp³-hybridized carbons (Fsp3) is 0.474. The maximum Gasteiger partial charge on any atom is 0.344 e. The number of rotatable bonds is 4. The molecule has 0 bridgehead atoms. The van der Waals surface area contributed by atoms with E-state index in [0.29, 0.717) is 42.9 Å². The van der Waals surface area contributed by atoms with Crippen molar-refractivity contribution in [2.75, 3.05) is 13.1 Å². The Bertz CT molecular complexity index is 805. The zero-order chi connectivity index (χ0) is 20.5. The third-order valence-corrected chi connectivity index (χ3v) is 5.69. The summed E-state index contributed by atoms with van der Waals surface area (Å²) in [6.45, 7) is 4.26. The second kappa shape index (κ2) is 7.79. The third-order valence-electron chi connectivity index (χ3n) is 5.43. The van der Waals surface area contributed by atoms with Crippen LogP contribution in [0.5, 0.6) is 0 Å². The highest BCUT2D eigenvalue weighted by Crippen LogP contribution is 2.22. The van der Waals surface area contributed by atoms with Gasteiger partial charge in [-0.2, -0.15) is 5.01 Å². The lowest BCUT2D eigenvalue weighted by atomic mass is 9.95. The summed E-state index contributed by atoms with van der Waals surface area (Å²) in [5, 5.41) is 3.92. The molecule has 0 aliphatic carbocycles. The number of amides is 5. The lowest BCUT2D eigenvalue weighted by molar-refractivity contribution is -0.141. The Morgan fingerprint density at radius 3 is 2.36 bits per heavy atom. The molecule has 1 atom stereocenters. The number of hydrogen-bond donors (Lipinski definition) is 2. The quantitative estimate of drug-likeness (QED) is 0.746. The van der Waals surface area contributed by atoms with E-state index in [4.69, 9.17) is 11.6 Å². The van der Waals surface area contributed by atoms with Crippen molar-refractivity contribution in [2.45, 2.75) is 38.6 Å². The molecular weight excluding hydrogens is 384 g/mol. The highest BCUT2D eigenvalue weighted by molar-refractivity contribution is 6.30. The number of nitrogens with one attached hydrogen (secondary N) is 2. The monoisotopic (exact) mass is 406 g/mol. The first kappa shape index (κ1) is 20.1. The fourth-order valence-corrected chi connectivity index (χ4v) is 3.47. The zero-order valence-corrected chi connectivity index (χ0v) is 16.6. The molecule has 5 amide bonds. The number of halogens is 1. The van der Waals surface area contributed by atoms with Crippen LogP contribution in [-0.4, -0.2) is 52.3 Å². The molecule has 0 unspecified atom stereocenters. The van der Waals surface area contributed by atoms with Crippen LogP contribution in [0.2, 0.25) is 5.02 Å². The van der Waals surface area contributed by atoms with E-state index in [9.17, 15) is 19.2 Å². The molecule has 0 aromatic heterocycles. The van der Waals surface area contributed by atoms with Crippen LogP contribution in [0.15, 0.2) is 24.3 Å². The Balaban J connectivity index is 1.55. The molecule has 2 aliphatic rings. The summed E-state index contributed by atoms with van der Waals surface area (Å²) in [6, 6.07) is 6.05. The molecule has 8 nitrogen and oxygen atoms in total. The van der Waals surface area contributed by atoms with E-state index in [1.54, 1.807) is 43.0 Å². The van der Waals surface area contributed by atoms with Gasteiger partial charge in [-0.1, -0.05) is 18.5 Å². The van der Waals surface area contributed by atoms with Crippen molar-refractivity contribution in [2.24, 2.45) is 5.92 Å². The van der Waals surface area contributed by atoms with Crippen molar-refractivity contribution in [3.8, 4) is 0 Å². The van der Waals surface area contributed by atoms with Gasteiger partial charge in [0.25, 0.3) is 11.8 Å². The van der Waals surface area contributed by atoms with Crippen LogP contribution in [0.25, 0.3) is 0 Å². The van der Waals surface area contributed by atoms with E-state index in [-0.39, 0.29) is 17.7 Å². The van der Waals surface area contributed by atoms with Crippen molar-refractivity contribution in [1.82, 2.24) is 20.7 Å². The second-order valence-electron chi connectivity index (χ2n) is 7.31. The van der Waals surface area contributed by atoms with Gasteiger partial charge in [0.1, 0.15) is 5.54 Å². The Hall–Kier alpha value is -2.61. The average molecular weight is 407 g/mol. The van der Waals surface area contributed by atoms with Gasteiger partial charge in [-0.3, -0.25) is 19.8 Å². The molecule has 28 heavy (non-hydrogen) atoms. The number of piperidine rings is 1. The zero-order valence-electron chi connectivity index (χ0n) is 15.8. The van der Waals surface area contributed by atoms with Gasteiger partial charge in [-0.05, 0) is 50.5 Å². The lowest BCUT2D eigenvalue weighted by Gasteiger charge is -2.32. The minimum absolute atomic E-state index is 0.108. The summed E-state index contributed by atoms with van der Waals surface area (Å²) in [5.41, 5.74) is 1.98. The fourth-order valence-electron chi connectivity index (χ4n) is 3.35. The van der Waals surface area contributed by atoms with Crippen LogP contribution < -0.4 is 10.7 Å². The van der Waals surface area contributed by atoms with E-state index in [1.165, 1.54) is 0 Å². The number of nitrogens with zero attached hydrogens (tertiary/aromatic N) is 2. The lowest BCUT2D eigenvalue weighted by Crippen LogP contribution is -2.51. The summed E-state index contributed by atoms with van der Waals surface area (Å²) in [5.74, 6) is -1.34. The summed E-state index contributed by atoms with van der Waals surface area (Å²) in [4.78, 5) is 51.1. The first-order valence-electron chi connectivity index (χ1n) is 9.27. The molecule has 150 valence electrons. The predicted octanol–water partition coefficient (Wildman–Crippen LogP) is 1.94. The number of hydrogen-bond acceptors (Lipinski definition) is 4. The van der Waals surface area contributed by atoms with Gasteiger partial charge < -0.3 is 10.2 Å². The van der Waals surface area contributed by atoms with E-state index in [0.717, 1.165) is 5.01 Å². The predicted molar refractivity (Wildman–Crippen MR) is 102 cm³/mol.